The highest BCUT2D eigenvalue weighted by atomic mass is 79.9. The van der Waals surface area contributed by atoms with Crippen molar-refractivity contribution in [3.8, 4) is 5.69 Å². The number of aromatic nitrogens is 4. The van der Waals surface area contributed by atoms with E-state index >= 15 is 0 Å². The molecule has 17 heavy (non-hydrogen) atoms. The summed E-state index contributed by atoms with van der Waals surface area (Å²) in [6.45, 7) is 3.53. The fraction of sp³-hybridized carbons (Fsp3) is 0.300. The summed E-state index contributed by atoms with van der Waals surface area (Å²) < 4.78 is 2.54. The van der Waals surface area contributed by atoms with Crippen LogP contribution in [-0.2, 0) is 6.54 Å². The van der Waals surface area contributed by atoms with Crippen molar-refractivity contribution < 1.29 is 0 Å². The normalized spacial score (nSPS) is 10.8. The van der Waals surface area contributed by atoms with Crippen LogP contribution in [-0.4, -0.2) is 26.8 Å². The zero-order valence-electron chi connectivity index (χ0n) is 9.19. The molecule has 0 aliphatic rings. The molecule has 0 bridgehead atoms. The van der Waals surface area contributed by atoms with Crippen molar-refractivity contribution in [3.05, 3.63) is 33.5 Å². The molecule has 0 aliphatic heterocycles. The van der Waals surface area contributed by atoms with Crippen LogP contribution in [0.4, 0.5) is 0 Å². The predicted molar refractivity (Wildman–Crippen MR) is 69.2 cm³/mol. The molecule has 0 atom stereocenters. The Morgan fingerprint density at radius 1 is 1.47 bits per heavy atom. The average molecular weight is 317 g/mol. The second-order valence-electron chi connectivity index (χ2n) is 3.38. The zero-order valence-corrected chi connectivity index (χ0v) is 11.5. The van der Waals surface area contributed by atoms with Gasteiger partial charge in [0.2, 0.25) is 0 Å². The molecule has 7 heteroatoms. The van der Waals surface area contributed by atoms with Gasteiger partial charge in [-0.25, -0.2) is 0 Å². The Balaban J connectivity index is 2.35. The van der Waals surface area contributed by atoms with Crippen LogP contribution in [0.5, 0.6) is 0 Å². The molecule has 0 spiro atoms. The molecule has 0 fully saturated rings. The highest BCUT2D eigenvalue weighted by Crippen LogP contribution is 2.24. The number of nitrogens with one attached hydrogen (secondary N) is 1. The first-order chi connectivity index (χ1) is 8.22. The first kappa shape index (κ1) is 12.5. The van der Waals surface area contributed by atoms with Gasteiger partial charge in [-0.05, 0) is 51.1 Å². The molecule has 0 saturated heterocycles. The maximum atomic E-state index is 5.90. The van der Waals surface area contributed by atoms with Gasteiger partial charge in [0.1, 0.15) is 0 Å². The molecule has 1 aromatic heterocycles. The van der Waals surface area contributed by atoms with E-state index in [0.717, 1.165) is 22.5 Å². The maximum Gasteiger partial charge on any atom is 0.170 e. The van der Waals surface area contributed by atoms with Gasteiger partial charge in [0.15, 0.2) is 5.82 Å². The highest BCUT2D eigenvalue weighted by molar-refractivity contribution is 9.10. The molecule has 1 aromatic carbocycles. The minimum Gasteiger partial charge on any atom is -0.310 e. The lowest BCUT2D eigenvalue weighted by Gasteiger charge is -2.07. The largest absolute Gasteiger partial charge is 0.310 e. The molecule has 90 valence electrons. The van der Waals surface area contributed by atoms with Crippen LogP contribution in [0.25, 0.3) is 5.69 Å². The molecule has 0 aliphatic carbocycles. The van der Waals surface area contributed by atoms with Crippen LogP contribution in [0.3, 0.4) is 0 Å². The third-order valence-electron chi connectivity index (χ3n) is 2.21. The smallest absolute Gasteiger partial charge is 0.170 e. The fourth-order valence-electron chi connectivity index (χ4n) is 1.39. The van der Waals surface area contributed by atoms with E-state index in [1.165, 1.54) is 0 Å². The van der Waals surface area contributed by atoms with Gasteiger partial charge >= 0.3 is 0 Å². The van der Waals surface area contributed by atoms with E-state index in [9.17, 15) is 0 Å². The van der Waals surface area contributed by atoms with E-state index in [0.29, 0.717) is 11.6 Å². The standard InChI is InChI=1S/C10H11BrClN5/c1-2-13-6-10-14-15-16-17(10)9-4-3-7(12)5-8(9)11/h3-5,13H,2,6H2,1H3. The molecular weight excluding hydrogens is 306 g/mol. The van der Waals surface area contributed by atoms with Crippen LogP contribution in [0.1, 0.15) is 12.7 Å². The van der Waals surface area contributed by atoms with Crippen LogP contribution in [0.15, 0.2) is 22.7 Å². The summed E-state index contributed by atoms with van der Waals surface area (Å²) in [6.07, 6.45) is 0. The molecule has 0 amide bonds. The second kappa shape index (κ2) is 5.57. The molecule has 2 rings (SSSR count). The Kier molecular flexibility index (Phi) is 4.09. The number of halogens is 2. The van der Waals surface area contributed by atoms with Gasteiger partial charge in [-0.1, -0.05) is 18.5 Å². The lowest BCUT2D eigenvalue weighted by atomic mass is 10.3. The van der Waals surface area contributed by atoms with E-state index in [1.807, 2.05) is 19.1 Å². The SMILES string of the molecule is CCNCc1nnnn1-c1ccc(Cl)cc1Br. The monoisotopic (exact) mass is 315 g/mol. The minimum atomic E-state index is 0.624. The summed E-state index contributed by atoms with van der Waals surface area (Å²) in [4.78, 5) is 0. The van der Waals surface area contributed by atoms with E-state index in [1.54, 1.807) is 10.7 Å². The highest BCUT2D eigenvalue weighted by Gasteiger charge is 2.10. The van der Waals surface area contributed by atoms with E-state index in [-0.39, 0.29) is 0 Å². The first-order valence-corrected chi connectivity index (χ1v) is 6.33. The Hall–Kier alpha value is -0.980. The van der Waals surface area contributed by atoms with E-state index in [4.69, 9.17) is 11.6 Å². The molecule has 0 radical (unpaired) electrons. The number of hydrogen-bond acceptors (Lipinski definition) is 4. The fourth-order valence-corrected chi connectivity index (χ4v) is 2.24. The quantitative estimate of drug-likeness (QED) is 0.939. The molecule has 0 saturated carbocycles. The third kappa shape index (κ3) is 2.83. The summed E-state index contributed by atoms with van der Waals surface area (Å²) in [6, 6.07) is 5.49. The molecule has 1 heterocycles. The van der Waals surface area contributed by atoms with Gasteiger partial charge in [-0.3, -0.25) is 0 Å². The van der Waals surface area contributed by atoms with Crippen molar-refractivity contribution in [2.24, 2.45) is 0 Å². The average Bonchev–Trinajstić information content (AvgIpc) is 2.74. The van der Waals surface area contributed by atoms with Crippen LogP contribution in [0.2, 0.25) is 5.02 Å². The number of tetrazole rings is 1. The number of benzene rings is 1. The van der Waals surface area contributed by atoms with Crippen molar-refractivity contribution in [2.45, 2.75) is 13.5 Å². The third-order valence-corrected chi connectivity index (χ3v) is 3.08. The van der Waals surface area contributed by atoms with Crippen LogP contribution >= 0.6 is 27.5 Å². The Bertz CT molecular complexity index is 513. The molecule has 1 N–H and O–H groups in total. The van der Waals surface area contributed by atoms with E-state index in [2.05, 4.69) is 36.8 Å². The van der Waals surface area contributed by atoms with Gasteiger partial charge in [-0.15, -0.1) is 5.10 Å². The van der Waals surface area contributed by atoms with Crippen LogP contribution < -0.4 is 5.32 Å². The van der Waals surface area contributed by atoms with Crippen molar-refractivity contribution in [2.75, 3.05) is 6.54 Å². The van der Waals surface area contributed by atoms with Gasteiger partial charge in [0.25, 0.3) is 0 Å². The topological polar surface area (TPSA) is 55.6 Å². The molecule has 5 nitrogen and oxygen atoms in total. The Morgan fingerprint density at radius 2 is 2.29 bits per heavy atom. The number of hydrogen-bond donors (Lipinski definition) is 1. The van der Waals surface area contributed by atoms with Crippen molar-refractivity contribution in [3.63, 3.8) is 0 Å². The summed E-state index contributed by atoms with van der Waals surface area (Å²) in [5, 5.41) is 15.5. The maximum absolute atomic E-state index is 5.90. The summed E-state index contributed by atoms with van der Waals surface area (Å²) in [5.74, 6) is 0.759. The predicted octanol–water partition coefficient (Wildman–Crippen LogP) is 2.19. The number of nitrogens with zero attached hydrogens (tertiary/aromatic N) is 4. The Morgan fingerprint density at radius 3 is 3.00 bits per heavy atom. The molecular formula is C10H11BrClN5. The first-order valence-electron chi connectivity index (χ1n) is 5.15. The lowest BCUT2D eigenvalue weighted by Crippen LogP contribution is -2.16. The van der Waals surface area contributed by atoms with Crippen molar-refractivity contribution >= 4 is 27.5 Å². The lowest BCUT2D eigenvalue weighted by molar-refractivity contribution is 0.663. The van der Waals surface area contributed by atoms with Crippen molar-refractivity contribution in [1.29, 1.82) is 0 Å². The van der Waals surface area contributed by atoms with Crippen molar-refractivity contribution in [1.82, 2.24) is 25.5 Å². The zero-order chi connectivity index (χ0) is 12.3. The number of rotatable bonds is 4. The summed E-state index contributed by atoms with van der Waals surface area (Å²) >= 11 is 9.35. The van der Waals surface area contributed by atoms with Gasteiger partial charge < -0.3 is 5.32 Å². The summed E-state index contributed by atoms with van der Waals surface area (Å²) in [7, 11) is 0. The van der Waals surface area contributed by atoms with Gasteiger partial charge in [0.05, 0.1) is 12.2 Å². The Labute approximate surface area is 112 Å². The molecule has 0 unspecified atom stereocenters. The molecule has 2 aromatic rings. The van der Waals surface area contributed by atoms with Gasteiger partial charge in [0, 0.05) is 9.50 Å². The van der Waals surface area contributed by atoms with Crippen LogP contribution in [0, 0.1) is 0 Å². The minimum absolute atomic E-state index is 0.624. The second-order valence-corrected chi connectivity index (χ2v) is 4.67. The summed E-state index contributed by atoms with van der Waals surface area (Å²) in [5.41, 5.74) is 0.868. The van der Waals surface area contributed by atoms with E-state index < -0.39 is 0 Å². The van der Waals surface area contributed by atoms with Gasteiger partial charge in [-0.2, -0.15) is 4.68 Å².